The standard InChI is InChI=1S/C24H20ClN5O6S/c25-21-9-5-4-8-17(21)13-26-28-24(32)22(15-37-14-16-6-2-1-3-7-16)27-23(31)18-10-19(29(33)34)12-20(11-18)30(35)36/h1-13,22H,14-15H2,(H,27,31)(H,28,32). The molecule has 0 aliphatic rings. The van der Waals surface area contributed by atoms with E-state index >= 15 is 0 Å². The van der Waals surface area contributed by atoms with E-state index in [-0.39, 0.29) is 11.3 Å². The number of nitrogens with one attached hydrogen (secondary N) is 2. The number of rotatable bonds is 11. The predicted molar refractivity (Wildman–Crippen MR) is 141 cm³/mol. The Morgan fingerprint density at radius 3 is 2.22 bits per heavy atom. The summed E-state index contributed by atoms with van der Waals surface area (Å²) in [6.07, 6.45) is 1.35. The summed E-state index contributed by atoms with van der Waals surface area (Å²) >= 11 is 7.44. The van der Waals surface area contributed by atoms with E-state index in [0.717, 1.165) is 23.8 Å². The van der Waals surface area contributed by atoms with Crippen LogP contribution in [0.15, 0.2) is 77.9 Å². The van der Waals surface area contributed by atoms with Gasteiger partial charge in [0.1, 0.15) is 6.04 Å². The number of hydrazone groups is 1. The van der Waals surface area contributed by atoms with Crippen LogP contribution in [0.3, 0.4) is 0 Å². The molecule has 0 aliphatic carbocycles. The monoisotopic (exact) mass is 541 g/mol. The fourth-order valence-corrected chi connectivity index (χ4v) is 4.25. The molecule has 0 aliphatic heterocycles. The van der Waals surface area contributed by atoms with Gasteiger partial charge < -0.3 is 5.32 Å². The van der Waals surface area contributed by atoms with Crippen LogP contribution in [0.1, 0.15) is 21.5 Å². The van der Waals surface area contributed by atoms with Crippen LogP contribution in [-0.2, 0) is 10.5 Å². The molecule has 0 saturated heterocycles. The number of thioether (sulfide) groups is 1. The highest BCUT2D eigenvalue weighted by Gasteiger charge is 2.25. The lowest BCUT2D eigenvalue weighted by Gasteiger charge is -2.17. The Bertz CT molecular complexity index is 1310. The lowest BCUT2D eigenvalue weighted by molar-refractivity contribution is -0.394. The van der Waals surface area contributed by atoms with Gasteiger partial charge in [-0.15, -0.1) is 0 Å². The average Bonchev–Trinajstić information content (AvgIpc) is 2.89. The summed E-state index contributed by atoms with van der Waals surface area (Å²) in [5.74, 6) is -0.865. The molecular formula is C24H20ClN5O6S. The van der Waals surface area contributed by atoms with Gasteiger partial charge in [-0.3, -0.25) is 29.8 Å². The lowest BCUT2D eigenvalue weighted by atomic mass is 10.1. The van der Waals surface area contributed by atoms with E-state index in [0.29, 0.717) is 16.3 Å². The Kier molecular flexibility index (Phi) is 9.69. The van der Waals surface area contributed by atoms with E-state index in [2.05, 4.69) is 15.8 Å². The summed E-state index contributed by atoms with van der Waals surface area (Å²) < 4.78 is 0. The Labute approximate surface area is 220 Å². The van der Waals surface area contributed by atoms with Gasteiger partial charge >= 0.3 is 0 Å². The number of amides is 2. The van der Waals surface area contributed by atoms with Crippen molar-refractivity contribution in [2.24, 2.45) is 5.10 Å². The van der Waals surface area contributed by atoms with Crippen LogP contribution in [0.5, 0.6) is 0 Å². The molecule has 37 heavy (non-hydrogen) atoms. The number of nitro groups is 2. The van der Waals surface area contributed by atoms with Crippen molar-refractivity contribution in [1.82, 2.24) is 10.7 Å². The lowest BCUT2D eigenvalue weighted by Crippen LogP contribution is -2.47. The van der Waals surface area contributed by atoms with Crippen LogP contribution >= 0.6 is 23.4 Å². The molecule has 2 N–H and O–H groups in total. The van der Waals surface area contributed by atoms with Crippen LogP contribution < -0.4 is 10.7 Å². The van der Waals surface area contributed by atoms with Gasteiger partial charge in [-0.25, -0.2) is 5.43 Å². The fraction of sp³-hybridized carbons (Fsp3) is 0.125. The molecule has 0 aromatic heterocycles. The molecule has 0 bridgehead atoms. The molecular weight excluding hydrogens is 522 g/mol. The minimum atomic E-state index is -1.11. The highest BCUT2D eigenvalue weighted by Crippen LogP contribution is 2.23. The van der Waals surface area contributed by atoms with Crippen molar-refractivity contribution in [3.63, 3.8) is 0 Å². The quantitative estimate of drug-likeness (QED) is 0.207. The maximum Gasteiger partial charge on any atom is 0.277 e. The molecule has 190 valence electrons. The Balaban J connectivity index is 1.77. The maximum atomic E-state index is 12.9. The van der Waals surface area contributed by atoms with Gasteiger partial charge in [0.05, 0.1) is 27.7 Å². The normalized spacial score (nSPS) is 11.6. The maximum absolute atomic E-state index is 12.9. The van der Waals surface area contributed by atoms with Crippen LogP contribution in [0.2, 0.25) is 5.02 Å². The summed E-state index contributed by atoms with van der Waals surface area (Å²) in [4.78, 5) is 46.4. The predicted octanol–water partition coefficient (Wildman–Crippen LogP) is 4.34. The van der Waals surface area contributed by atoms with Crippen LogP contribution in [0.4, 0.5) is 11.4 Å². The molecule has 0 fully saturated rings. The van der Waals surface area contributed by atoms with Gasteiger partial charge in [-0.05, 0) is 11.6 Å². The SMILES string of the molecule is O=C(NC(CSCc1ccccc1)C(=O)NN=Cc1ccccc1Cl)c1cc([N+](=O)[O-])cc([N+](=O)[O-])c1. The zero-order chi connectivity index (χ0) is 26.8. The number of hydrogen-bond acceptors (Lipinski definition) is 8. The summed E-state index contributed by atoms with van der Waals surface area (Å²) in [5.41, 5.74) is 2.35. The molecule has 0 saturated carbocycles. The second kappa shape index (κ2) is 13.1. The van der Waals surface area contributed by atoms with Crippen LogP contribution in [-0.4, -0.2) is 39.7 Å². The molecule has 3 aromatic carbocycles. The largest absolute Gasteiger partial charge is 0.339 e. The number of non-ortho nitro benzene ring substituents is 2. The van der Waals surface area contributed by atoms with Crippen LogP contribution in [0, 0.1) is 20.2 Å². The summed E-state index contributed by atoms with van der Waals surface area (Å²) in [7, 11) is 0. The topological polar surface area (TPSA) is 157 Å². The molecule has 0 radical (unpaired) electrons. The highest BCUT2D eigenvalue weighted by molar-refractivity contribution is 7.98. The molecule has 1 atom stereocenters. The van der Waals surface area contributed by atoms with Crippen molar-refractivity contribution in [3.05, 3.63) is 115 Å². The van der Waals surface area contributed by atoms with Gasteiger partial charge in [0, 0.05) is 34.2 Å². The van der Waals surface area contributed by atoms with Crippen molar-refractivity contribution in [2.45, 2.75) is 11.8 Å². The number of hydrogen-bond donors (Lipinski definition) is 2. The second-order valence-electron chi connectivity index (χ2n) is 7.53. The number of carbonyl (C=O) groups is 2. The van der Waals surface area contributed by atoms with Gasteiger partial charge in [0.2, 0.25) is 0 Å². The summed E-state index contributed by atoms with van der Waals surface area (Å²) in [5, 5.41) is 29.2. The second-order valence-corrected chi connectivity index (χ2v) is 8.97. The first-order valence-corrected chi connectivity index (χ1v) is 12.2. The number of halogens is 1. The van der Waals surface area contributed by atoms with E-state index in [1.54, 1.807) is 24.3 Å². The number of nitrogens with zero attached hydrogens (tertiary/aromatic N) is 3. The molecule has 0 spiro atoms. The van der Waals surface area contributed by atoms with Gasteiger partial charge in [0.15, 0.2) is 0 Å². The van der Waals surface area contributed by atoms with E-state index in [1.165, 1.54) is 18.0 Å². The average molecular weight is 542 g/mol. The minimum absolute atomic E-state index is 0.130. The highest BCUT2D eigenvalue weighted by atomic mass is 35.5. The zero-order valence-corrected chi connectivity index (χ0v) is 20.6. The van der Waals surface area contributed by atoms with Gasteiger partial charge in [0.25, 0.3) is 23.2 Å². The third kappa shape index (κ3) is 8.12. The van der Waals surface area contributed by atoms with Crippen molar-refractivity contribution >= 4 is 52.8 Å². The molecule has 3 aromatic rings. The molecule has 1 unspecified atom stereocenters. The molecule has 11 nitrogen and oxygen atoms in total. The van der Waals surface area contributed by atoms with E-state index in [4.69, 9.17) is 11.6 Å². The fourth-order valence-electron chi connectivity index (χ4n) is 3.05. The summed E-state index contributed by atoms with van der Waals surface area (Å²) in [6, 6.07) is 17.8. The van der Waals surface area contributed by atoms with Crippen molar-refractivity contribution in [2.75, 3.05) is 5.75 Å². The first-order valence-electron chi connectivity index (χ1n) is 10.7. The third-order valence-corrected chi connectivity index (χ3v) is 6.34. The molecule has 3 rings (SSSR count). The van der Waals surface area contributed by atoms with E-state index in [1.807, 2.05) is 30.3 Å². The first kappa shape index (κ1) is 27.3. The first-order chi connectivity index (χ1) is 17.7. The number of benzene rings is 3. The molecule has 0 heterocycles. The zero-order valence-electron chi connectivity index (χ0n) is 19.1. The molecule has 2 amide bonds. The summed E-state index contributed by atoms with van der Waals surface area (Å²) in [6.45, 7) is 0. The number of nitro benzene ring substituents is 2. The van der Waals surface area contributed by atoms with Crippen molar-refractivity contribution < 1.29 is 19.4 Å². The third-order valence-electron chi connectivity index (χ3n) is 4.89. The molecule has 13 heteroatoms. The Morgan fingerprint density at radius 2 is 1.59 bits per heavy atom. The Morgan fingerprint density at radius 1 is 0.973 bits per heavy atom. The Hall–Kier alpha value is -4.29. The van der Waals surface area contributed by atoms with E-state index < -0.39 is 39.1 Å². The van der Waals surface area contributed by atoms with Gasteiger partial charge in [-0.1, -0.05) is 60.1 Å². The smallest absolute Gasteiger partial charge is 0.277 e. The van der Waals surface area contributed by atoms with Crippen LogP contribution in [0.25, 0.3) is 0 Å². The van der Waals surface area contributed by atoms with Gasteiger partial charge in [-0.2, -0.15) is 16.9 Å². The van der Waals surface area contributed by atoms with E-state index in [9.17, 15) is 29.8 Å². The van der Waals surface area contributed by atoms with Crippen molar-refractivity contribution in [1.29, 1.82) is 0 Å². The van der Waals surface area contributed by atoms with Crippen molar-refractivity contribution in [3.8, 4) is 0 Å². The minimum Gasteiger partial charge on any atom is -0.339 e. The number of carbonyl (C=O) groups excluding carboxylic acids is 2.